The molecule has 158 valence electrons. The molecule has 3 fully saturated rings. The second-order valence-corrected chi connectivity index (χ2v) is 7.79. The van der Waals surface area contributed by atoms with Gasteiger partial charge in [0, 0.05) is 35.6 Å². The van der Waals surface area contributed by atoms with Gasteiger partial charge < -0.3 is 20.7 Å². The largest absolute Gasteiger partial charge is 0.676 e. The second kappa shape index (κ2) is 8.33. The van der Waals surface area contributed by atoms with Crippen LogP contribution in [-0.2, 0) is 14.3 Å². The highest BCUT2D eigenvalue weighted by Crippen LogP contribution is 2.39. The average molecular weight is 407 g/mol. The number of hydrogen-bond acceptors (Lipinski definition) is 4. The summed E-state index contributed by atoms with van der Waals surface area (Å²) in [7, 11) is 0. The predicted octanol–water partition coefficient (Wildman–Crippen LogP) is 2.97. The van der Waals surface area contributed by atoms with Crippen LogP contribution in [0.5, 0.6) is 0 Å². The maximum atomic E-state index is 13.7. The van der Waals surface area contributed by atoms with Crippen LogP contribution in [-0.4, -0.2) is 61.1 Å². The minimum atomic E-state index is -2.81. The van der Waals surface area contributed by atoms with E-state index in [9.17, 15) is 18.4 Å². The maximum absolute atomic E-state index is 13.7. The summed E-state index contributed by atoms with van der Waals surface area (Å²) in [6, 6.07) is 4.23. The van der Waals surface area contributed by atoms with Crippen molar-refractivity contribution >= 4 is 23.2 Å². The van der Waals surface area contributed by atoms with Crippen LogP contribution < -0.4 is 10.2 Å². The molecular weight excluding hydrogens is 382 g/mol. The van der Waals surface area contributed by atoms with Crippen LogP contribution >= 0.6 is 0 Å². The number of alkyl halides is 2. The van der Waals surface area contributed by atoms with Gasteiger partial charge in [-0.2, -0.15) is 0 Å². The first-order chi connectivity index (χ1) is 14.0. The molecule has 2 aliphatic carbocycles. The molecule has 0 bridgehead atoms. The molecule has 3 aliphatic rings. The van der Waals surface area contributed by atoms with E-state index in [4.69, 9.17) is 10.5 Å². The van der Waals surface area contributed by atoms with Gasteiger partial charge in [-0.15, -0.1) is 6.54 Å². The second-order valence-electron chi connectivity index (χ2n) is 7.79. The van der Waals surface area contributed by atoms with Crippen LogP contribution in [0.2, 0.25) is 0 Å². The molecule has 1 aromatic carbocycles. The fourth-order valence-electron chi connectivity index (χ4n) is 3.91. The third-order valence-corrected chi connectivity index (χ3v) is 5.62. The summed E-state index contributed by atoms with van der Waals surface area (Å²) in [5, 5.41) is 2.62. The number of hydrogen-bond donors (Lipinski definition) is 1. The first-order valence-electron chi connectivity index (χ1n) is 10.0. The van der Waals surface area contributed by atoms with Crippen molar-refractivity contribution in [3.8, 4) is 0 Å². The van der Waals surface area contributed by atoms with Crippen molar-refractivity contribution in [3.63, 3.8) is 0 Å². The summed E-state index contributed by atoms with van der Waals surface area (Å²) in [6.45, 7) is 0.457. The third kappa shape index (κ3) is 4.41. The van der Waals surface area contributed by atoms with E-state index in [0.29, 0.717) is 30.9 Å². The number of morpholine rings is 1. The van der Waals surface area contributed by atoms with E-state index in [1.54, 1.807) is 6.07 Å². The van der Waals surface area contributed by atoms with Crippen molar-refractivity contribution in [2.45, 2.75) is 50.2 Å². The van der Waals surface area contributed by atoms with Gasteiger partial charge in [0.25, 0.3) is 12.3 Å². The summed E-state index contributed by atoms with van der Waals surface area (Å²) in [5.41, 5.74) is 7.91. The normalized spacial score (nSPS) is 21.0. The van der Waals surface area contributed by atoms with Gasteiger partial charge in [0.05, 0.1) is 12.6 Å². The molecule has 0 spiro atoms. The molecule has 2 N–H and O–H groups in total. The van der Waals surface area contributed by atoms with Gasteiger partial charge in [0.2, 0.25) is 5.91 Å². The molecule has 0 radical (unpaired) electrons. The molecular formula is C20H25F2N4O3-. The molecule has 0 aromatic heterocycles. The number of halogens is 2. The average Bonchev–Trinajstić information content (AvgIpc) is 3.61. The number of benzene rings is 1. The highest BCUT2D eigenvalue weighted by molar-refractivity contribution is 5.98. The van der Waals surface area contributed by atoms with E-state index in [2.05, 4.69) is 10.2 Å². The van der Waals surface area contributed by atoms with Crippen molar-refractivity contribution in [3.05, 3.63) is 29.5 Å². The molecule has 1 aliphatic heterocycles. The summed E-state index contributed by atoms with van der Waals surface area (Å²) < 4.78 is 32.5. The van der Waals surface area contributed by atoms with Gasteiger partial charge in [0.15, 0.2) is 0 Å². The highest BCUT2D eigenvalue weighted by atomic mass is 19.3. The number of carbonyl (C=O) groups is 2. The Balaban J connectivity index is 1.53. The van der Waals surface area contributed by atoms with Crippen molar-refractivity contribution < 1.29 is 23.1 Å². The first-order valence-corrected chi connectivity index (χ1v) is 10.0. The fraction of sp³-hybridized carbons (Fsp3) is 0.600. The number of anilines is 2. The standard InChI is InChI=1S/C20H25F2N4O3/c21-19(22)15-9-14(25-7-8-29-11-18(25)27)5-6-16(15)24-20(28)17(10-23)26(12-1-2-12)13-3-4-13/h5-6,9,12-13,17,19,23H,1-4,7-8,10-11H2,(H,24,28)/q-1/t17-/m0/s1. The molecule has 2 saturated carbocycles. The lowest BCUT2D eigenvalue weighted by Gasteiger charge is -2.33. The monoisotopic (exact) mass is 407 g/mol. The van der Waals surface area contributed by atoms with Gasteiger partial charge >= 0.3 is 0 Å². The molecule has 2 amide bonds. The predicted molar refractivity (Wildman–Crippen MR) is 104 cm³/mol. The van der Waals surface area contributed by atoms with Gasteiger partial charge in [-0.3, -0.25) is 14.5 Å². The Morgan fingerprint density at radius 2 is 1.97 bits per heavy atom. The molecule has 1 heterocycles. The Labute approximate surface area is 168 Å². The van der Waals surface area contributed by atoms with Crippen LogP contribution in [0.15, 0.2) is 18.2 Å². The number of amides is 2. The fourth-order valence-corrected chi connectivity index (χ4v) is 3.91. The lowest BCUT2D eigenvalue weighted by Crippen LogP contribution is -2.48. The smallest absolute Gasteiger partial charge is 0.265 e. The quantitative estimate of drug-likeness (QED) is 0.718. The molecule has 29 heavy (non-hydrogen) atoms. The first kappa shape index (κ1) is 20.2. The van der Waals surface area contributed by atoms with Crippen LogP contribution in [0.1, 0.15) is 37.7 Å². The van der Waals surface area contributed by atoms with Crippen molar-refractivity contribution in [2.75, 3.05) is 36.5 Å². The summed E-state index contributed by atoms with van der Waals surface area (Å²) in [6.07, 6.45) is 1.27. The zero-order chi connectivity index (χ0) is 20.5. The minimum Gasteiger partial charge on any atom is -0.676 e. The summed E-state index contributed by atoms with van der Waals surface area (Å²) >= 11 is 0. The van der Waals surface area contributed by atoms with Crippen molar-refractivity contribution in [1.82, 2.24) is 4.90 Å². The van der Waals surface area contributed by atoms with E-state index in [1.807, 2.05) is 0 Å². The number of nitrogens with one attached hydrogen (secondary N) is 2. The van der Waals surface area contributed by atoms with E-state index >= 15 is 0 Å². The van der Waals surface area contributed by atoms with Crippen LogP contribution in [0.3, 0.4) is 0 Å². The van der Waals surface area contributed by atoms with E-state index < -0.39 is 18.4 Å². The number of nitrogens with zero attached hydrogens (tertiary/aromatic N) is 2. The van der Waals surface area contributed by atoms with Gasteiger partial charge in [-0.05, 0) is 43.9 Å². The van der Waals surface area contributed by atoms with Crippen LogP contribution in [0.4, 0.5) is 20.2 Å². The number of carbonyl (C=O) groups excluding carboxylic acids is 2. The molecule has 7 nitrogen and oxygen atoms in total. The molecule has 1 aromatic rings. The summed E-state index contributed by atoms with van der Waals surface area (Å²) in [4.78, 5) is 28.4. The highest BCUT2D eigenvalue weighted by Gasteiger charge is 2.43. The topological polar surface area (TPSA) is 85.7 Å². The number of rotatable bonds is 8. The molecule has 0 unspecified atom stereocenters. The minimum absolute atomic E-state index is 0.0273. The Hall–Kier alpha value is -2.10. The van der Waals surface area contributed by atoms with E-state index in [-0.39, 0.29) is 30.3 Å². The molecule has 4 rings (SSSR count). The zero-order valence-corrected chi connectivity index (χ0v) is 16.1. The number of ether oxygens (including phenoxy) is 1. The summed E-state index contributed by atoms with van der Waals surface area (Å²) in [5.74, 6) is -0.706. The van der Waals surface area contributed by atoms with Crippen LogP contribution in [0, 0.1) is 0 Å². The molecule has 9 heteroatoms. The van der Waals surface area contributed by atoms with Gasteiger partial charge in [0.1, 0.15) is 6.61 Å². The maximum Gasteiger partial charge on any atom is 0.265 e. The van der Waals surface area contributed by atoms with Crippen LogP contribution in [0.25, 0.3) is 5.73 Å². The Kier molecular flexibility index (Phi) is 5.80. The van der Waals surface area contributed by atoms with Gasteiger partial charge in [-0.25, -0.2) is 8.78 Å². The lowest BCUT2D eigenvalue weighted by atomic mass is 10.1. The lowest BCUT2D eigenvalue weighted by molar-refractivity contribution is -0.125. The van der Waals surface area contributed by atoms with Gasteiger partial charge in [-0.1, -0.05) is 0 Å². The Bertz CT molecular complexity index is 771. The Morgan fingerprint density at radius 3 is 2.52 bits per heavy atom. The zero-order valence-electron chi connectivity index (χ0n) is 16.1. The SMILES string of the molecule is [NH-]C[C@@H](C(=O)Nc1ccc(N2CCOCC2=O)cc1C(F)F)N(C1CC1)C1CC1. The molecule has 1 atom stereocenters. The van der Waals surface area contributed by atoms with Crippen molar-refractivity contribution in [1.29, 1.82) is 0 Å². The third-order valence-electron chi connectivity index (χ3n) is 5.62. The van der Waals surface area contributed by atoms with E-state index in [1.165, 1.54) is 17.0 Å². The molecule has 1 saturated heterocycles. The van der Waals surface area contributed by atoms with E-state index in [0.717, 1.165) is 25.7 Å². The van der Waals surface area contributed by atoms with Crippen molar-refractivity contribution in [2.24, 2.45) is 0 Å². The Morgan fingerprint density at radius 1 is 1.28 bits per heavy atom.